The molecule has 2 amide bonds. The molecule has 0 saturated carbocycles. The topological polar surface area (TPSA) is 95.6 Å². The van der Waals surface area contributed by atoms with Crippen molar-refractivity contribution >= 4 is 38.3 Å². The summed E-state index contributed by atoms with van der Waals surface area (Å²) in [5.41, 5.74) is 1.91. The van der Waals surface area contributed by atoms with Crippen molar-refractivity contribution in [2.75, 3.05) is 18.4 Å². The van der Waals surface area contributed by atoms with Crippen LogP contribution in [0.3, 0.4) is 0 Å². The van der Waals surface area contributed by atoms with Crippen molar-refractivity contribution in [2.45, 2.75) is 44.6 Å². The molecule has 0 bridgehead atoms. The summed E-state index contributed by atoms with van der Waals surface area (Å²) in [5.74, 6) is 0.0890. The van der Waals surface area contributed by atoms with Crippen LogP contribution in [0.2, 0.25) is 0 Å². The molecule has 184 valence electrons. The second-order valence-corrected chi connectivity index (χ2v) is 11.0. The number of carbonyl (C=O) groups is 2. The first kappa shape index (κ1) is 24.9. The summed E-state index contributed by atoms with van der Waals surface area (Å²) in [6.07, 6.45) is 1.84. The Morgan fingerprint density at radius 2 is 1.57 bits per heavy atom. The molecule has 0 radical (unpaired) electrons. The second-order valence-electron chi connectivity index (χ2n) is 9.28. The summed E-state index contributed by atoms with van der Waals surface area (Å²) in [6, 6.07) is 16.5. The average Bonchev–Trinajstić information content (AvgIpc) is 2.84. The van der Waals surface area contributed by atoms with Gasteiger partial charge in [0, 0.05) is 35.1 Å². The Labute approximate surface area is 206 Å². The minimum atomic E-state index is -3.99. The number of amides is 2. The molecule has 0 spiro atoms. The monoisotopic (exact) mass is 493 g/mol. The Bertz CT molecular complexity index is 1360. The van der Waals surface area contributed by atoms with E-state index in [-0.39, 0.29) is 16.7 Å². The Hall–Kier alpha value is -3.23. The lowest BCUT2D eigenvalue weighted by Gasteiger charge is -2.32. The number of carbonyl (C=O) groups excluding carboxylic acids is 2. The lowest BCUT2D eigenvalue weighted by Crippen LogP contribution is -2.49. The molecule has 3 aromatic carbocycles. The predicted octanol–water partition coefficient (Wildman–Crippen LogP) is 4.33. The highest BCUT2D eigenvalue weighted by molar-refractivity contribution is 7.89. The number of fused-ring (bicyclic) bond motifs is 1. The smallest absolute Gasteiger partial charge is 0.255 e. The van der Waals surface area contributed by atoms with E-state index in [1.165, 1.54) is 6.07 Å². The number of nitrogens with zero attached hydrogens (tertiary/aromatic N) is 1. The number of anilines is 1. The molecular formula is C27H31N3O4S. The van der Waals surface area contributed by atoms with Gasteiger partial charge in [-0.3, -0.25) is 9.59 Å². The van der Waals surface area contributed by atoms with Gasteiger partial charge < -0.3 is 10.2 Å². The third-order valence-corrected chi connectivity index (χ3v) is 8.21. The molecule has 35 heavy (non-hydrogen) atoms. The molecule has 4 rings (SSSR count). The van der Waals surface area contributed by atoms with Gasteiger partial charge in [0.2, 0.25) is 15.9 Å². The molecule has 7 nitrogen and oxygen atoms in total. The SMILES string of the molecule is Cc1ccccc1C(=O)Nc1ccc(S(=O)(=O)NC(C)C(=O)N2CCC(C)CC2)c2ccccc12. The summed E-state index contributed by atoms with van der Waals surface area (Å²) in [7, 11) is -3.99. The summed E-state index contributed by atoms with van der Waals surface area (Å²) in [6.45, 7) is 6.89. The van der Waals surface area contributed by atoms with Crippen molar-refractivity contribution < 1.29 is 18.0 Å². The number of piperidine rings is 1. The molecule has 8 heteroatoms. The zero-order chi connectivity index (χ0) is 25.2. The largest absolute Gasteiger partial charge is 0.341 e. The number of nitrogens with one attached hydrogen (secondary N) is 2. The van der Waals surface area contributed by atoms with Crippen LogP contribution in [0.4, 0.5) is 5.69 Å². The molecule has 1 heterocycles. The van der Waals surface area contributed by atoms with Crippen molar-refractivity contribution in [3.63, 3.8) is 0 Å². The number of likely N-dealkylation sites (tertiary alicyclic amines) is 1. The van der Waals surface area contributed by atoms with Gasteiger partial charge in [-0.25, -0.2) is 8.42 Å². The highest BCUT2D eigenvalue weighted by Gasteiger charge is 2.29. The van der Waals surface area contributed by atoms with Crippen molar-refractivity contribution in [3.8, 4) is 0 Å². The van der Waals surface area contributed by atoms with Crippen LogP contribution in [0.5, 0.6) is 0 Å². The van der Waals surface area contributed by atoms with E-state index in [1.807, 2.05) is 19.1 Å². The summed E-state index contributed by atoms with van der Waals surface area (Å²) >= 11 is 0. The minimum Gasteiger partial charge on any atom is -0.341 e. The van der Waals surface area contributed by atoms with E-state index in [2.05, 4.69) is 17.0 Å². The summed E-state index contributed by atoms with van der Waals surface area (Å²) in [5, 5.41) is 3.98. The van der Waals surface area contributed by atoms with Gasteiger partial charge in [-0.2, -0.15) is 4.72 Å². The van der Waals surface area contributed by atoms with Crippen molar-refractivity contribution in [3.05, 3.63) is 71.8 Å². The van der Waals surface area contributed by atoms with Gasteiger partial charge in [-0.15, -0.1) is 0 Å². The number of aryl methyl sites for hydroxylation is 1. The number of hydrogen-bond acceptors (Lipinski definition) is 4. The van der Waals surface area contributed by atoms with Crippen LogP contribution in [0.15, 0.2) is 65.6 Å². The molecule has 1 saturated heterocycles. The quantitative estimate of drug-likeness (QED) is 0.534. The Balaban J connectivity index is 1.59. The maximum atomic E-state index is 13.3. The lowest BCUT2D eigenvalue weighted by atomic mass is 9.99. The second kappa shape index (κ2) is 10.2. The van der Waals surface area contributed by atoms with Crippen molar-refractivity contribution in [1.82, 2.24) is 9.62 Å². The number of rotatable bonds is 6. The first-order chi connectivity index (χ1) is 16.7. The van der Waals surface area contributed by atoms with E-state index in [9.17, 15) is 18.0 Å². The van der Waals surface area contributed by atoms with Gasteiger partial charge in [-0.05, 0) is 56.4 Å². The Morgan fingerprint density at radius 1 is 0.943 bits per heavy atom. The van der Waals surface area contributed by atoms with E-state index in [4.69, 9.17) is 0 Å². The molecule has 1 fully saturated rings. The van der Waals surface area contributed by atoms with E-state index < -0.39 is 16.1 Å². The third kappa shape index (κ3) is 5.39. The molecule has 1 aliphatic rings. The van der Waals surface area contributed by atoms with Crippen molar-refractivity contribution in [1.29, 1.82) is 0 Å². The van der Waals surface area contributed by atoms with Crippen LogP contribution in [0.1, 0.15) is 42.6 Å². The van der Waals surface area contributed by atoms with E-state index >= 15 is 0 Å². The molecule has 1 atom stereocenters. The first-order valence-corrected chi connectivity index (χ1v) is 13.4. The Kier molecular flexibility index (Phi) is 7.23. The third-order valence-electron chi connectivity index (χ3n) is 6.61. The summed E-state index contributed by atoms with van der Waals surface area (Å²) in [4.78, 5) is 27.5. The van der Waals surface area contributed by atoms with Gasteiger partial charge >= 0.3 is 0 Å². The normalized spacial score (nSPS) is 15.7. The molecule has 2 N–H and O–H groups in total. The van der Waals surface area contributed by atoms with Gasteiger partial charge in [0.1, 0.15) is 0 Å². The number of benzene rings is 3. The van der Waals surface area contributed by atoms with Crippen LogP contribution in [-0.2, 0) is 14.8 Å². The van der Waals surface area contributed by atoms with Gasteiger partial charge in [0.15, 0.2) is 0 Å². The summed E-state index contributed by atoms with van der Waals surface area (Å²) < 4.78 is 29.2. The molecule has 1 unspecified atom stereocenters. The van der Waals surface area contributed by atoms with Crippen LogP contribution in [-0.4, -0.2) is 44.3 Å². The maximum Gasteiger partial charge on any atom is 0.255 e. The number of sulfonamides is 1. The van der Waals surface area contributed by atoms with Gasteiger partial charge in [0.25, 0.3) is 5.91 Å². The van der Waals surface area contributed by atoms with Crippen LogP contribution in [0.25, 0.3) is 10.8 Å². The average molecular weight is 494 g/mol. The van der Waals surface area contributed by atoms with Crippen LogP contribution >= 0.6 is 0 Å². The zero-order valence-electron chi connectivity index (χ0n) is 20.2. The maximum absolute atomic E-state index is 13.3. The van der Waals surface area contributed by atoms with Gasteiger partial charge in [0.05, 0.1) is 10.9 Å². The molecular weight excluding hydrogens is 462 g/mol. The molecule has 0 aliphatic carbocycles. The number of hydrogen-bond donors (Lipinski definition) is 2. The van der Waals surface area contributed by atoms with Crippen LogP contribution < -0.4 is 10.0 Å². The zero-order valence-corrected chi connectivity index (χ0v) is 21.1. The predicted molar refractivity (Wildman–Crippen MR) is 138 cm³/mol. The standard InChI is InChI=1S/C27H31N3O4S/c1-18-14-16-30(17-15-18)27(32)20(3)29-35(33,34)25-13-12-24(22-10-6-7-11-23(22)25)28-26(31)21-9-5-4-8-19(21)2/h4-13,18,20,29H,14-17H2,1-3H3,(H,28,31). The Morgan fingerprint density at radius 3 is 2.26 bits per heavy atom. The molecule has 3 aromatic rings. The van der Waals surface area contributed by atoms with E-state index in [0.29, 0.717) is 41.0 Å². The fourth-order valence-corrected chi connectivity index (χ4v) is 5.89. The first-order valence-electron chi connectivity index (χ1n) is 11.9. The van der Waals surface area contributed by atoms with Crippen LogP contribution in [0, 0.1) is 12.8 Å². The fourth-order valence-electron chi connectivity index (χ4n) is 4.48. The van der Waals surface area contributed by atoms with E-state index in [1.54, 1.807) is 54.3 Å². The van der Waals surface area contributed by atoms with Crippen molar-refractivity contribution in [2.24, 2.45) is 5.92 Å². The lowest BCUT2D eigenvalue weighted by molar-refractivity contribution is -0.133. The fraction of sp³-hybridized carbons (Fsp3) is 0.333. The molecule has 0 aromatic heterocycles. The highest BCUT2D eigenvalue weighted by atomic mass is 32.2. The van der Waals surface area contributed by atoms with E-state index in [0.717, 1.165) is 18.4 Å². The highest BCUT2D eigenvalue weighted by Crippen LogP contribution is 2.30. The minimum absolute atomic E-state index is 0.0638. The van der Waals surface area contributed by atoms with Gasteiger partial charge in [-0.1, -0.05) is 49.4 Å². The molecule has 1 aliphatic heterocycles.